The Kier molecular flexibility index (Phi) is 5.22. The third-order valence-electron chi connectivity index (χ3n) is 4.24. The topological polar surface area (TPSA) is 39.1 Å². The number of aryl methyl sites for hydroxylation is 2. The minimum atomic E-state index is 0.224. The van der Waals surface area contributed by atoms with Crippen molar-refractivity contribution in [1.29, 1.82) is 0 Å². The largest absolute Gasteiger partial charge is 0.381 e. The highest BCUT2D eigenvalue weighted by molar-refractivity contribution is 5.13. The van der Waals surface area contributed by atoms with Crippen LogP contribution in [0.3, 0.4) is 0 Å². The SMILES string of the molecule is CCc1cc(CC2(CNC(C)C)CCCOC2)n(C)n1. The Morgan fingerprint density at radius 3 is 2.85 bits per heavy atom. The van der Waals surface area contributed by atoms with Crippen molar-refractivity contribution in [3.8, 4) is 0 Å². The highest BCUT2D eigenvalue weighted by atomic mass is 16.5. The van der Waals surface area contributed by atoms with Gasteiger partial charge in [-0.25, -0.2) is 0 Å². The lowest BCUT2D eigenvalue weighted by molar-refractivity contribution is -0.00891. The molecule has 0 spiro atoms. The average molecular weight is 279 g/mol. The number of nitrogens with one attached hydrogen (secondary N) is 1. The zero-order chi connectivity index (χ0) is 14.6. The second-order valence-corrected chi connectivity index (χ2v) is 6.47. The van der Waals surface area contributed by atoms with Crippen LogP contribution in [-0.2, 0) is 24.6 Å². The number of hydrogen-bond donors (Lipinski definition) is 1. The van der Waals surface area contributed by atoms with Gasteiger partial charge in [0.05, 0.1) is 12.3 Å². The highest BCUT2D eigenvalue weighted by Gasteiger charge is 2.34. The van der Waals surface area contributed by atoms with Crippen LogP contribution in [0.5, 0.6) is 0 Å². The molecule has 0 radical (unpaired) electrons. The number of rotatable bonds is 6. The molecule has 4 heteroatoms. The summed E-state index contributed by atoms with van der Waals surface area (Å²) in [6.45, 7) is 9.37. The molecule has 2 heterocycles. The molecule has 20 heavy (non-hydrogen) atoms. The number of ether oxygens (including phenoxy) is 1. The molecule has 114 valence electrons. The van der Waals surface area contributed by atoms with Crippen LogP contribution in [0.1, 0.15) is 45.0 Å². The molecule has 1 aliphatic heterocycles. The van der Waals surface area contributed by atoms with Gasteiger partial charge in [0.25, 0.3) is 0 Å². The lowest BCUT2D eigenvalue weighted by Crippen LogP contribution is -2.44. The Morgan fingerprint density at radius 1 is 1.50 bits per heavy atom. The van der Waals surface area contributed by atoms with Gasteiger partial charge in [-0.05, 0) is 31.7 Å². The zero-order valence-electron chi connectivity index (χ0n) is 13.4. The molecule has 1 aromatic rings. The first-order valence-corrected chi connectivity index (χ1v) is 7.87. The van der Waals surface area contributed by atoms with Crippen molar-refractivity contribution in [2.24, 2.45) is 12.5 Å². The molecule has 0 saturated carbocycles. The Labute approximate surface area is 122 Å². The molecule has 1 saturated heterocycles. The van der Waals surface area contributed by atoms with Gasteiger partial charge in [-0.1, -0.05) is 20.8 Å². The van der Waals surface area contributed by atoms with E-state index < -0.39 is 0 Å². The van der Waals surface area contributed by atoms with E-state index in [4.69, 9.17) is 4.74 Å². The fourth-order valence-corrected chi connectivity index (χ4v) is 2.97. The molecule has 0 aromatic carbocycles. The summed E-state index contributed by atoms with van der Waals surface area (Å²) in [4.78, 5) is 0. The monoisotopic (exact) mass is 279 g/mol. The predicted molar refractivity (Wildman–Crippen MR) is 81.9 cm³/mol. The van der Waals surface area contributed by atoms with Crippen molar-refractivity contribution in [2.45, 2.75) is 52.5 Å². The van der Waals surface area contributed by atoms with Gasteiger partial charge in [0.1, 0.15) is 0 Å². The van der Waals surface area contributed by atoms with Gasteiger partial charge in [0.15, 0.2) is 0 Å². The molecule has 1 aliphatic rings. The summed E-state index contributed by atoms with van der Waals surface area (Å²) in [5, 5.41) is 8.18. The first-order valence-electron chi connectivity index (χ1n) is 7.87. The van der Waals surface area contributed by atoms with Crippen LogP contribution in [0.4, 0.5) is 0 Å². The number of nitrogens with zero attached hydrogens (tertiary/aromatic N) is 2. The maximum Gasteiger partial charge on any atom is 0.0624 e. The number of aromatic nitrogens is 2. The van der Waals surface area contributed by atoms with Crippen LogP contribution >= 0.6 is 0 Å². The predicted octanol–water partition coefficient (Wildman–Crippen LogP) is 2.32. The molecule has 1 fully saturated rings. The quantitative estimate of drug-likeness (QED) is 0.868. The summed E-state index contributed by atoms with van der Waals surface area (Å²) in [5.41, 5.74) is 2.74. The van der Waals surface area contributed by atoms with Gasteiger partial charge in [0.2, 0.25) is 0 Å². The molecule has 0 amide bonds. The normalized spacial score (nSPS) is 23.4. The molecule has 2 rings (SSSR count). The van der Waals surface area contributed by atoms with E-state index in [0.717, 1.165) is 39.0 Å². The van der Waals surface area contributed by atoms with Crippen LogP contribution in [0, 0.1) is 5.41 Å². The summed E-state index contributed by atoms with van der Waals surface area (Å²) in [6.07, 6.45) is 4.45. The summed E-state index contributed by atoms with van der Waals surface area (Å²) < 4.78 is 7.84. The molecule has 1 N–H and O–H groups in total. The van der Waals surface area contributed by atoms with E-state index in [1.165, 1.54) is 17.8 Å². The minimum absolute atomic E-state index is 0.224. The van der Waals surface area contributed by atoms with Crippen molar-refractivity contribution in [3.63, 3.8) is 0 Å². The van der Waals surface area contributed by atoms with E-state index in [9.17, 15) is 0 Å². The van der Waals surface area contributed by atoms with E-state index in [0.29, 0.717) is 6.04 Å². The van der Waals surface area contributed by atoms with E-state index in [1.807, 2.05) is 4.68 Å². The van der Waals surface area contributed by atoms with E-state index in [1.54, 1.807) is 0 Å². The average Bonchev–Trinajstić information content (AvgIpc) is 2.78. The highest BCUT2D eigenvalue weighted by Crippen LogP contribution is 2.32. The molecule has 0 bridgehead atoms. The first-order chi connectivity index (χ1) is 9.54. The Balaban J connectivity index is 2.11. The van der Waals surface area contributed by atoms with Crippen LogP contribution in [0.2, 0.25) is 0 Å². The zero-order valence-corrected chi connectivity index (χ0v) is 13.4. The molecule has 1 unspecified atom stereocenters. The Hall–Kier alpha value is -0.870. The summed E-state index contributed by atoms with van der Waals surface area (Å²) in [5.74, 6) is 0. The van der Waals surface area contributed by atoms with E-state index in [2.05, 4.69) is 44.3 Å². The second kappa shape index (κ2) is 6.72. The van der Waals surface area contributed by atoms with Crippen molar-refractivity contribution < 1.29 is 4.74 Å². The minimum Gasteiger partial charge on any atom is -0.381 e. The molecular formula is C16H29N3O. The molecule has 4 nitrogen and oxygen atoms in total. The Morgan fingerprint density at radius 2 is 2.30 bits per heavy atom. The van der Waals surface area contributed by atoms with E-state index in [-0.39, 0.29) is 5.41 Å². The van der Waals surface area contributed by atoms with Gasteiger partial charge < -0.3 is 10.1 Å². The smallest absolute Gasteiger partial charge is 0.0624 e. The van der Waals surface area contributed by atoms with Crippen LogP contribution in [-0.4, -0.2) is 35.6 Å². The third kappa shape index (κ3) is 3.83. The molecular weight excluding hydrogens is 250 g/mol. The Bertz CT molecular complexity index is 419. The van der Waals surface area contributed by atoms with Crippen molar-refractivity contribution in [2.75, 3.05) is 19.8 Å². The van der Waals surface area contributed by atoms with E-state index >= 15 is 0 Å². The molecule has 1 aromatic heterocycles. The maximum atomic E-state index is 5.79. The van der Waals surface area contributed by atoms with Crippen LogP contribution in [0.15, 0.2) is 6.07 Å². The van der Waals surface area contributed by atoms with Crippen molar-refractivity contribution in [1.82, 2.24) is 15.1 Å². The number of hydrogen-bond acceptors (Lipinski definition) is 3. The summed E-state index contributed by atoms with van der Waals surface area (Å²) in [6, 6.07) is 2.78. The third-order valence-corrected chi connectivity index (χ3v) is 4.24. The lowest BCUT2D eigenvalue weighted by atomic mass is 9.78. The molecule has 1 atom stereocenters. The van der Waals surface area contributed by atoms with Gasteiger partial charge in [0, 0.05) is 37.4 Å². The van der Waals surface area contributed by atoms with Gasteiger partial charge in [-0.15, -0.1) is 0 Å². The van der Waals surface area contributed by atoms with Gasteiger partial charge in [-0.2, -0.15) is 5.10 Å². The van der Waals surface area contributed by atoms with Gasteiger partial charge in [-0.3, -0.25) is 4.68 Å². The van der Waals surface area contributed by atoms with Crippen LogP contribution in [0.25, 0.3) is 0 Å². The van der Waals surface area contributed by atoms with Crippen molar-refractivity contribution >= 4 is 0 Å². The fourth-order valence-electron chi connectivity index (χ4n) is 2.97. The van der Waals surface area contributed by atoms with Crippen LogP contribution < -0.4 is 5.32 Å². The molecule has 0 aliphatic carbocycles. The standard InChI is InChI=1S/C16H29N3O/c1-5-14-9-15(19(4)18-14)10-16(11-17-13(2)3)7-6-8-20-12-16/h9,13,17H,5-8,10-12H2,1-4H3. The van der Waals surface area contributed by atoms with Gasteiger partial charge >= 0.3 is 0 Å². The second-order valence-electron chi connectivity index (χ2n) is 6.47. The maximum absolute atomic E-state index is 5.79. The first kappa shape index (κ1) is 15.5. The fraction of sp³-hybridized carbons (Fsp3) is 0.812. The summed E-state index contributed by atoms with van der Waals surface area (Å²) in [7, 11) is 2.06. The summed E-state index contributed by atoms with van der Waals surface area (Å²) >= 11 is 0. The van der Waals surface area contributed by atoms with Crippen molar-refractivity contribution in [3.05, 3.63) is 17.5 Å². The lowest BCUT2D eigenvalue weighted by Gasteiger charge is -2.38.